The Labute approximate surface area is 225 Å². The Hall–Kier alpha value is -4.46. The molecule has 0 radical (unpaired) electrons. The van der Waals surface area contributed by atoms with Gasteiger partial charge in [0.05, 0.1) is 48.1 Å². The third-order valence-corrected chi connectivity index (χ3v) is 6.61. The number of ketones is 1. The molecule has 3 aromatic heterocycles. The van der Waals surface area contributed by atoms with Crippen LogP contribution in [0.1, 0.15) is 59.3 Å². The van der Waals surface area contributed by atoms with Crippen LogP contribution in [0.5, 0.6) is 0 Å². The third-order valence-electron chi connectivity index (χ3n) is 6.61. The van der Waals surface area contributed by atoms with Crippen LogP contribution in [-0.4, -0.2) is 50.7 Å². The highest BCUT2D eigenvalue weighted by Gasteiger charge is 2.22. The fourth-order valence-electron chi connectivity index (χ4n) is 4.55. The standard InChI is InChI=1S/C29H28N6O4/c1-19(17-39-27-4-2-3-9-38-27)35-16-25(24-15-32-18-33-29(24)35)28(37)22-11-23(14-31-13-22)34-26(36)10-20-5-7-21(12-30)8-6-20/h5-8,11,13-16,18-19,27H,2-4,9-10,17H2,1H3,(H,34,36)/t19-,27?/m1/s1. The molecule has 1 saturated heterocycles. The Morgan fingerprint density at radius 2 is 2.05 bits per heavy atom. The number of benzene rings is 1. The SMILES string of the molecule is C[C@H](COC1CCCCO1)n1cc(C(=O)c2cncc(NC(=O)Cc3ccc(C#N)cc3)c2)c2cncnc21. The summed E-state index contributed by atoms with van der Waals surface area (Å²) < 4.78 is 13.6. The average molecular weight is 525 g/mol. The number of rotatable bonds is 9. The highest BCUT2D eigenvalue weighted by atomic mass is 16.7. The Kier molecular flexibility index (Phi) is 8.01. The van der Waals surface area contributed by atoms with Crippen LogP contribution in [0.2, 0.25) is 0 Å². The van der Waals surface area contributed by atoms with E-state index in [2.05, 4.69) is 26.3 Å². The van der Waals surface area contributed by atoms with Gasteiger partial charge < -0.3 is 19.4 Å². The number of carbonyl (C=O) groups excluding carboxylic acids is 2. The molecule has 1 aliphatic heterocycles. The summed E-state index contributed by atoms with van der Waals surface area (Å²) in [6, 6.07) is 10.4. The van der Waals surface area contributed by atoms with Crippen molar-refractivity contribution in [3.8, 4) is 6.07 Å². The summed E-state index contributed by atoms with van der Waals surface area (Å²) >= 11 is 0. The van der Waals surface area contributed by atoms with E-state index in [1.807, 2.05) is 11.5 Å². The monoisotopic (exact) mass is 524 g/mol. The molecule has 39 heavy (non-hydrogen) atoms. The van der Waals surface area contributed by atoms with Gasteiger partial charge >= 0.3 is 0 Å². The molecule has 1 aliphatic rings. The number of ether oxygens (including phenoxy) is 2. The number of nitrogens with one attached hydrogen (secondary N) is 1. The zero-order valence-electron chi connectivity index (χ0n) is 21.5. The maximum absolute atomic E-state index is 13.6. The van der Waals surface area contributed by atoms with Crippen LogP contribution >= 0.6 is 0 Å². The largest absolute Gasteiger partial charge is 0.353 e. The molecule has 10 heteroatoms. The van der Waals surface area contributed by atoms with Crippen molar-refractivity contribution in [2.45, 2.75) is 44.9 Å². The smallest absolute Gasteiger partial charge is 0.228 e. The number of carbonyl (C=O) groups is 2. The summed E-state index contributed by atoms with van der Waals surface area (Å²) in [5, 5.41) is 12.4. The van der Waals surface area contributed by atoms with Gasteiger partial charge in [0.25, 0.3) is 0 Å². The van der Waals surface area contributed by atoms with Crippen LogP contribution in [0, 0.1) is 11.3 Å². The molecular formula is C29H28N6O4. The maximum Gasteiger partial charge on any atom is 0.228 e. The van der Waals surface area contributed by atoms with Gasteiger partial charge in [-0.3, -0.25) is 14.6 Å². The minimum absolute atomic E-state index is 0.0968. The van der Waals surface area contributed by atoms with Crippen LogP contribution < -0.4 is 5.32 Å². The molecule has 0 saturated carbocycles. The van der Waals surface area contributed by atoms with Gasteiger partial charge in [0.15, 0.2) is 12.1 Å². The summed E-state index contributed by atoms with van der Waals surface area (Å²) in [4.78, 5) is 38.9. The molecule has 1 unspecified atom stereocenters. The molecule has 0 bridgehead atoms. The van der Waals surface area contributed by atoms with Crippen molar-refractivity contribution in [3.05, 3.63) is 83.7 Å². The van der Waals surface area contributed by atoms with Gasteiger partial charge in [-0.25, -0.2) is 9.97 Å². The van der Waals surface area contributed by atoms with Gasteiger partial charge in [0, 0.05) is 36.1 Å². The molecule has 5 rings (SSSR count). The number of anilines is 1. The van der Waals surface area contributed by atoms with Crippen LogP contribution in [0.25, 0.3) is 11.0 Å². The van der Waals surface area contributed by atoms with E-state index in [1.54, 1.807) is 42.7 Å². The number of pyridine rings is 1. The summed E-state index contributed by atoms with van der Waals surface area (Å²) in [5.41, 5.74) is 3.11. The Morgan fingerprint density at radius 1 is 1.21 bits per heavy atom. The molecule has 1 aromatic carbocycles. The average Bonchev–Trinajstić information content (AvgIpc) is 3.36. The Morgan fingerprint density at radius 3 is 2.82 bits per heavy atom. The molecule has 1 N–H and O–H groups in total. The van der Waals surface area contributed by atoms with E-state index in [0.717, 1.165) is 24.8 Å². The zero-order valence-corrected chi connectivity index (χ0v) is 21.5. The number of nitrogens with zero attached hydrogens (tertiary/aromatic N) is 5. The van der Waals surface area contributed by atoms with Gasteiger partial charge in [-0.05, 0) is 49.9 Å². The van der Waals surface area contributed by atoms with Crippen molar-refractivity contribution in [3.63, 3.8) is 0 Å². The van der Waals surface area contributed by atoms with E-state index in [-0.39, 0.29) is 30.4 Å². The van der Waals surface area contributed by atoms with Crippen LogP contribution in [-0.2, 0) is 20.7 Å². The summed E-state index contributed by atoms with van der Waals surface area (Å²) in [6.45, 7) is 3.12. The third kappa shape index (κ3) is 6.17. The molecular weight excluding hydrogens is 496 g/mol. The van der Waals surface area contributed by atoms with Gasteiger partial charge in [-0.15, -0.1) is 0 Å². The highest BCUT2D eigenvalue weighted by Crippen LogP contribution is 2.26. The fourth-order valence-corrected chi connectivity index (χ4v) is 4.55. The quantitative estimate of drug-likeness (QED) is 0.322. The number of amides is 1. The van der Waals surface area contributed by atoms with Crippen molar-refractivity contribution in [1.82, 2.24) is 19.5 Å². The first kappa shape index (κ1) is 26.2. The lowest BCUT2D eigenvalue weighted by Crippen LogP contribution is -2.25. The number of hydrogen-bond donors (Lipinski definition) is 1. The number of hydrogen-bond acceptors (Lipinski definition) is 8. The van der Waals surface area contributed by atoms with Crippen molar-refractivity contribution in [1.29, 1.82) is 5.26 Å². The minimum atomic E-state index is -0.258. The minimum Gasteiger partial charge on any atom is -0.353 e. The van der Waals surface area contributed by atoms with Crippen molar-refractivity contribution in [2.75, 3.05) is 18.5 Å². The van der Waals surface area contributed by atoms with Gasteiger partial charge in [-0.1, -0.05) is 12.1 Å². The van der Waals surface area contributed by atoms with E-state index in [4.69, 9.17) is 14.7 Å². The van der Waals surface area contributed by atoms with Crippen molar-refractivity contribution in [2.24, 2.45) is 0 Å². The van der Waals surface area contributed by atoms with Crippen LogP contribution in [0.3, 0.4) is 0 Å². The molecule has 4 aromatic rings. The first-order valence-corrected chi connectivity index (χ1v) is 12.8. The predicted octanol–water partition coefficient (Wildman–Crippen LogP) is 4.21. The van der Waals surface area contributed by atoms with E-state index < -0.39 is 0 Å². The molecule has 2 atom stereocenters. The van der Waals surface area contributed by atoms with Crippen LogP contribution in [0.4, 0.5) is 5.69 Å². The second-order valence-corrected chi connectivity index (χ2v) is 9.51. The highest BCUT2D eigenvalue weighted by molar-refractivity contribution is 6.16. The fraction of sp³-hybridized carbons (Fsp3) is 0.310. The number of aromatic nitrogens is 4. The second-order valence-electron chi connectivity index (χ2n) is 9.51. The molecule has 1 fully saturated rings. The molecule has 4 heterocycles. The number of fused-ring (bicyclic) bond motifs is 1. The van der Waals surface area contributed by atoms with Crippen molar-refractivity contribution < 1.29 is 19.1 Å². The molecule has 0 spiro atoms. The van der Waals surface area contributed by atoms with Crippen LogP contribution in [0.15, 0.2) is 61.4 Å². The van der Waals surface area contributed by atoms with Gasteiger partial charge in [0.1, 0.15) is 12.0 Å². The predicted molar refractivity (Wildman–Crippen MR) is 143 cm³/mol. The lowest BCUT2D eigenvalue weighted by Gasteiger charge is -2.24. The van der Waals surface area contributed by atoms with E-state index >= 15 is 0 Å². The number of nitriles is 1. The van der Waals surface area contributed by atoms with Gasteiger partial charge in [0.2, 0.25) is 5.91 Å². The lowest BCUT2D eigenvalue weighted by molar-refractivity contribution is -0.166. The topological polar surface area (TPSA) is 132 Å². The van der Waals surface area contributed by atoms with E-state index in [0.29, 0.717) is 46.6 Å². The zero-order chi connectivity index (χ0) is 27.2. The van der Waals surface area contributed by atoms with Crippen molar-refractivity contribution >= 4 is 28.4 Å². The molecule has 1 amide bonds. The first-order chi connectivity index (χ1) is 19.0. The second kappa shape index (κ2) is 11.9. The normalized spacial score (nSPS) is 15.9. The Balaban J connectivity index is 1.31. The summed E-state index contributed by atoms with van der Waals surface area (Å²) in [7, 11) is 0. The summed E-state index contributed by atoms with van der Waals surface area (Å²) in [5.74, 6) is -0.514. The lowest BCUT2D eigenvalue weighted by atomic mass is 10.1. The van der Waals surface area contributed by atoms with E-state index in [1.165, 1.54) is 18.7 Å². The summed E-state index contributed by atoms with van der Waals surface area (Å²) in [6.07, 6.45) is 10.7. The van der Waals surface area contributed by atoms with E-state index in [9.17, 15) is 9.59 Å². The molecule has 0 aliphatic carbocycles. The molecule has 198 valence electrons. The Bertz CT molecular complexity index is 1520. The van der Waals surface area contributed by atoms with Gasteiger partial charge in [-0.2, -0.15) is 5.26 Å². The first-order valence-electron chi connectivity index (χ1n) is 12.8. The maximum atomic E-state index is 13.6. The molecule has 10 nitrogen and oxygen atoms in total.